The lowest BCUT2D eigenvalue weighted by atomic mass is 9.95. The molecule has 0 radical (unpaired) electrons. The topological polar surface area (TPSA) is 88.9 Å². The lowest BCUT2D eigenvalue weighted by Gasteiger charge is -2.47. The Morgan fingerprint density at radius 2 is 1.57 bits per heavy atom. The smallest absolute Gasteiger partial charge is 0.406 e. The Labute approximate surface area is 217 Å². The average Bonchev–Trinajstić information content (AvgIpc) is 2.84. The summed E-state index contributed by atoms with van der Waals surface area (Å²) in [7, 11) is -1.76. The van der Waals surface area contributed by atoms with Gasteiger partial charge in [0.15, 0.2) is 0 Å². The van der Waals surface area contributed by atoms with Crippen LogP contribution in [0.1, 0.15) is 0 Å². The van der Waals surface area contributed by atoms with E-state index in [1.54, 1.807) is 11.8 Å². The molecule has 0 aliphatic carbocycles. The van der Waals surface area contributed by atoms with Crippen LogP contribution < -0.4 is 14.4 Å². The number of aliphatic hydroxyl groups is 1. The molecule has 0 aromatic heterocycles. The highest BCUT2D eigenvalue weighted by Gasteiger charge is 2.42. The van der Waals surface area contributed by atoms with Crippen molar-refractivity contribution in [2.75, 3.05) is 25.0 Å². The molecule has 0 spiro atoms. The molecule has 0 saturated carbocycles. The van der Waals surface area contributed by atoms with Crippen LogP contribution in [-0.2, 0) is 9.92 Å². The number of nitrogens with one attached hydrogen (secondary N) is 2. The van der Waals surface area contributed by atoms with Gasteiger partial charge in [0.1, 0.15) is 15.7 Å². The number of fused-ring (bicyclic) bond motifs is 2. The Morgan fingerprint density at radius 3 is 2.14 bits per heavy atom. The van der Waals surface area contributed by atoms with E-state index in [4.69, 9.17) is 4.78 Å². The number of aliphatic hydroxyl groups excluding tert-OH is 1. The van der Waals surface area contributed by atoms with Gasteiger partial charge in [-0.25, -0.2) is 13.7 Å². The first-order valence-electron chi connectivity index (χ1n) is 11.5. The number of likely N-dealkylation sites (N-methyl/N-ethyl adjacent to an activating group) is 1. The highest BCUT2D eigenvalue weighted by atomic mass is 32.2. The standard InChI is InChI=1S/C25H25F3N4O3S2/c1-31-14-18(30-37(29,34)17-12-10-16(11-13-17)35-25(26,27)28)24(33)21(15-31)32-19-6-2-4-8-22(19)36-23-9-5-3-7-20(23)32/h2-13,18,21,24,33H,14-15H2,1H3,(H2,29,30,34). The number of hydrogen-bond donors (Lipinski definition) is 3. The van der Waals surface area contributed by atoms with Crippen LogP contribution in [0.25, 0.3) is 0 Å². The van der Waals surface area contributed by atoms with E-state index in [1.807, 2.05) is 60.5 Å². The van der Waals surface area contributed by atoms with Gasteiger partial charge in [-0.2, -0.15) is 0 Å². The zero-order chi connectivity index (χ0) is 26.4. The van der Waals surface area contributed by atoms with Gasteiger partial charge in [0.2, 0.25) is 0 Å². The molecule has 2 aliphatic heterocycles. The Balaban J connectivity index is 1.42. The summed E-state index contributed by atoms with van der Waals surface area (Å²) in [6.07, 6.45) is -5.85. The third-order valence-corrected chi connectivity index (χ3v) is 9.02. The van der Waals surface area contributed by atoms with Crippen molar-refractivity contribution >= 4 is 33.1 Å². The monoisotopic (exact) mass is 550 g/mol. The summed E-state index contributed by atoms with van der Waals surface area (Å²) in [4.78, 5) is 6.19. The normalized spacial score (nSPS) is 23.6. The lowest BCUT2D eigenvalue weighted by Crippen LogP contribution is -2.64. The number of para-hydroxylation sites is 2. The largest absolute Gasteiger partial charge is 0.573 e. The van der Waals surface area contributed by atoms with Crippen LogP contribution in [-0.4, -0.2) is 58.9 Å². The van der Waals surface area contributed by atoms with Gasteiger partial charge in [-0.1, -0.05) is 36.0 Å². The Hall–Kier alpha value is -2.77. The molecule has 1 fully saturated rings. The predicted octanol–water partition coefficient (Wildman–Crippen LogP) is 4.84. The molecule has 7 nitrogen and oxygen atoms in total. The van der Waals surface area contributed by atoms with Crippen LogP contribution in [0.4, 0.5) is 24.5 Å². The Bertz CT molecular complexity index is 1340. The van der Waals surface area contributed by atoms with Gasteiger partial charge in [0.05, 0.1) is 34.5 Å². The van der Waals surface area contributed by atoms with Crippen LogP contribution in [0.3, 0.4) is 0 Å². The zero-order valence-corrected chi connectivity index (χ0v) is 21.3. The molecular weight excluding hydrogens is 525 g/mol. The molecule has 4 unspecified atom stereocenters. The second-order valence-corrected chi connectivity index (χ2v) is 11.9. The van der Waals surface area contributed by atoms with Crippen molar-refractivity contribution in [2.24, 2.45) is 0 Å². The van der Waals surface area contributed by atoms with E-state index in [9.17, 15) is 22.5 Å². The fourth-order valence-corrected chi connectivity index (χ4v) is 7.13. The number of piperidine rings is 1. The zero-order valence-electron chi connectivity index (χ0n) is 19.7. The summed E-state index contributed by atoms with van der Waals surface area (Å²) in [5.41, 5.74) is 1.91. The molecule has 196 valence electrons. The van der Waals surface area contributed by atoms with Crippen LogP contribution in [0.2, 0.25) is 0 Å². The Kier molecular flexibility index (Phi) is 6.88. The number of nitrogens with zero attached hydrogens (tertiary/aromatic N) is 2. The van der Waals surface area contributed by atoms with Gasteiger partial charge in [-0.3, -0.25) is 0 Å². The number of benzene rings is 3. The number of hydrogen-bond acceptors (Lipinski definition) is 7. The molecule has 3 aromatic rings. The van der Waals surface area contributed by atoms with Crippen molar-refractivity contribution in [3.05, 3.63) is 72.8 Å². The highest BCUT2D eigenvalue weighted by molar-refractivity contribution is 7.99. The highest BCUT2D eigenvalue weighted by Crippen LogP contribution is 2.49. The van der Waals surface area contributed by atoms with Crippen LogP contribution >= 0.6 is 11.8 Å². The molecule has 0 bridgehead atoms. The van der Waals surface area contributed by atoms with Crippen molar-refractivity contribution in [1.29, 1.82) is 4.78 Å². The van der Waals surface area contributed by atoms with E-state index in [0.29, 0.717) is 13.1 Å². The van der Waals surface area contributed by atoms with Crippen LogP contribution in [0, 0.1) is 4.78 Å². The molecular formula is C25H25F3N4O3S2. The first-order chi connectivity index (χ1) is 17.5. The van der Waals surface area contributed by atoms with Crippen molar-refractivity contribution < 1.29 is 27.2 Å². The third kappa shape index (κ3) is 5.43. The van der Waals surface area contributed by atoms with Gasteiger partial charge in [-0.15, -0.1) is 13.2 Å². The van der Waals surface area contributed by atoms with E-state index in [0.717, 1.165) is 45.4 Å². The minimum absolute atomic E-state index is 0.0101. The molecule has 1 saturated heterocycles. The number of ether oxygens (including phenoxy) is 1. The van der Waals surface area contributed by atoms with Gasteiger partial charge >= 0.3 is 6.36 Å². The predicted molar refractivity (Wildman–Crippen MR) is 136 cm³/mol. The maximum absolute atomic E-state index is 13.3. The maximum Gasteiger partial charge on any atom is 0.573 e. The molecule has 37 heavy (non-hydrogen) atoms. The van der Waals surface area contributed by atoms with Crippen molar-refractivity contribution in [3.63, 3.8) is 0 Å². The summed E-state index contributed by atoms with van der Waals surface area (Å²) in [5.74, 6) is -0.468. The first kappa shape index (κ1) is 25.9. The summed E-state index contributed by atoms with van der Waals surface area (Å²) in [6, 6.07) is 19.1. The lowest BCUT2D eigenvalue weighted by molar-refractivity contribution is -0.274. The molecule has 5 rings (SSSR count). The SMILES string of the molecule is CN1CC(NS(=N)(=O)c2ccc(OC(F)(F)F)cc2)C(O)C(N2c3ccccc3Sc3ccccc32)C1. The quantitative estimate of drug-likeness (QED) is 0.421. The van der Waals surface area contributed by atoms with Gasteiger partial charge in [0.25, 0.3) is 0 Å². The second kappa shape index (κ2) is 9.84. The molecule has 2 aliphatic rings. The molecule has 12 heteroatoms. The number of halogens is 3. The summed E-state index contributed by atoms with van der Waals surface area (Å²) in [6.45, 7) is 0.851. The second-order valence-electron chi connectivity index (χ2n) is 8.99. The third-order valence-electron chi connectivity index (χ3n) is 6.32. The minimum atomic E-state index is -4.85. The minimum Gasteiger partial charge on any atom is -0.406 e. The number of likely N-dealkylation sites (tertiary alicyclic amines) is 1. The number of anilines is 2. The van der Waals surface area contributed by atoms with E-state index in [2.05, 4.69) is 14.4 Å². The van der Waals surface area contributed by atoms with Crippen LogP contribution in [0.15, 0.2) is 87.5 Å². The van der Waals surface area contributed by atoms with E-state index >= 15 is 0 Å². The van der Waals surface area contributed by atoms with E-state index in [-0.39, 0.29) is 4.90 Å². The van der Waals surface area contributed by atoms with E-state index < -0.39 is 40.2 Å². The molecule has 0 amide bonds. The summed E-state index contributed by atoms with van der Waals surface area (Å²) < 4.78 is 65.9. The molecule has 4 atom stereocenters. The fourth-order valence-electron chi connectivity index (χ4n) is 4.76. The summed E-state index contributed by atoms with van der Waals surface area (Å²) >= 11 is 1.66. The first-order valence-corrected chi connectivity index (χ1v) is 13.8. The van der Waals surface area contributed by atoms with Crippen LogP contribution in [0.5, 0.6) is 5.75 Å². The molecule has 2 heterocycles. The number of alkyl halides is 3. The van der Waals surface area contributed by atoms with Gasteiger partial charge < -0.3 is 19.6 Å². The average molecular weight is 551 g/mol. The van der Waals surface area contributed by atoms with Gasteiger partial charge in [0, 0.05) is 22.9 Å². The Morgan fingerprint density at radius 1 is 1.00 bits per heavy atom. The molecule has 3 aromatic carbocycles. The van der Waals surface area contributed by atoms with Crippen molar-refractivity contribution in [2.45, 2.75) is 39.2 Å². The van der Waals surface area contributed by atoms with Crippen molar-refractivity contribution in [3.8, 4) is 5.75 Å². The molecule has 3 N–H and O–H groups in total. The van der Waals surface area contributed by atoms with Gasteiger partial charge in [-0.05, 0) is 55.6 Å². The fraction of sp³-hybridized carbons (Fsp3) is 0.280. The van der Waals surface area contributed by atoms with Crippen molar-refractivity contribution in [1.82, 2.24) is 9.62 Å². The van der Waals surface area contributed by atoms with E-state index in [1.165, 1.54) is 0 Å². The number of rotatable bonds is 5. The summed E-state index contributed by atoms with van der Waals surface area (Å²) in [5, 5.41) is 11.5. The maximum atomic E-state index is 13.3.